The van der Waals surface area contributed by atoms with Crippen LogP contribution >= 0.6 is 11.6 Å². The average molecular weight is 491 g/mol. The van der Waals surface area contributed by atoms with Crippen molar-refractivity contribution in [2.75, 3.05) is 12.0 Å². The lowest BCUT2D eigenvalue weighted by Crippen LogP contribution is -2.36. The van der Waals surface area contributed by atoms with Gasteiger partial charge in [-0.3, -0.25) is 14.4 Å². The molecule has 178 valence electrons. The van der Waals surface area contributed by atoms with E-state index in [-0.39, 0.29) is 17.6 Å². The van der Waals surface area contributed by atoms with Crippen molar-refractivity contribution < 1.29 is 9.53 Å². The van der Waals surface area contributed by atoms with E-state index in [1.54, 1.807) is 21.8 Å². The van der Waals surface area contributed by atoms with Gasteiger partial charge in [-0.05, 0) is 31.5 Å². The summed E-state index contributed by atoms with van der Waals surface area (Å²) in [6.45, 7) is 4.96. The van der Waals surface area contributed by atoms with E-state index in [1.807, 2.05) is 59.6 Å². The predicted octanol–water partition coefficient (Wildman–Crippen LogP) is 3.98. The fourth-order valence-electron chi connectivity index (χ4n) is 4.18. The molecule has 5 rings (SSSR count). The largest absolute Gasteiger partial charge is 0.481 e. The molecule has 0 bridgehead atoms. The summed E-state index contributed by atoms with van der Waals surface area (Å²) in [6.07, 6.45) is 1.98. The van der Waals surface area contributed by atoms with Crippen molar-refractivity contribution in [3.05, 3.63) is 58.9 Å². The molecule has 1 aromatic carbocycles. The summed E-state index contributed by atoms with van der Waals surface area (Å²) < 4.78 is 10.6. The van der Waals surface area contributed by atoms with Crippen molar-refractivity contribution in [3.63, 3.8) is 0 Å². The van der Waals surface area contributed by atoms with Gasteiger partial charge in [0.15, 0.2) is 5.69 Å². The van der Waals surface area contributed by atoms with Gasteiger partial charge in [0.1, 0.15) is 23.3 Å². The Bertz CT molecular complexity index is 1440. The number of methoxy groups -OCH3 is 1. The van der Waals surface area contributed by atoms with Crippen LogP contribution in [0.3, 0.4) is 0 Å². The summed E-state index contributed by atoms with van der Waals surface area (Å²) in [4.78, 5) is 14.6. The molecule has 3 aromatic heterocycles. The number of halogens is 1. The zero-order valence-electron chi connectivity index (χ0n) is 19.5. The van der Waals surface area contributed by atoms with Crippen LogP contribution < -0.4 is 9.64 Å². The summed E-state index contributed by atoms with van der Waals surface area (Å²) >= 11 is 6.43. The third kappa shape index (κ3) is 4.04. The number of aryl methyl sites for hydroxylation is 1. The third-order valence-electron chi connectivity index (χ3n) is 5.88. The van der Waals surface area contributed by atoms with Crippen LogP contribution in [0.15, 0.2) is 42.6 Å². The smallest absolute Gasteiger partial charge is 0.230 e. The number of carbonyl (C=O) groups excluding carboxylic acids is 1. The van der Waals surface area contributed by atoms with Gasteiger partial charge in [-0.2, -0.15) is 25.2 Å². The Labute approximate surface area is 206 Å². The highest BCUT2D eigenvalue weighted by Gasteiger charge is 2.28. The van der Waals surface area contributed by atoms with Gasteiger partial charge in [0.25, 0.3) is 0 Å². The Morgan fingerprint density at radius 1 is 1.20 bits per heavy atom. The first-order valence-electron chi connectivity index (χ1n) is 11.1. The number of anilines is 1. The van der Waals surface area contributed by atoms with Crippen LogP contribution in [0.4, 0.5) is 5.82 Å². The van der Waals surface area contributed by atoms with Gasteiger partial charge in [-0.25, -0.2) is 4.68 Å². The second kappa shape index (κ2) is 8.92. The summed E-state index contributed by atoms with van der Waals surface area (Å²) in [5.74, 6) is 1.22. The second-order valence-corrected chi connectivity index (χ2v) is 8.89. The number of aromatic nitrogens is 6. The Balaban J connectivity index is 1.44. The molecular weight excluding hydrogens is 468 g/mol. The lowest BCUT2D eigenvalue weighted by molar-refractivity contribution is -0.119. The van der Waals surface area contributed by atoms with Crippen LogP contribution in [0.5, 0.6) is 5.88 Å². The van der Waals surface area contributed by atoms with Gasteiger partial charge in [-0.1, -0.05) is 23.7 Å². The number of hydrogen-bond acceptors (Lipinski definition) is 6. The van der Waals surface area contributed by atoms with Gasteiger partial charge in [0.2, 0.25) is 11.8 Å². The zero-order valence-corrected chi connectivity index (χ0v) is 20.3. The summed E-state index contributed by atoms with van der Waals surface area (Å²) in [6, 6.07) is 13.2. The molecule has 1 aliphatic heterocycles. The van der Waals surface area contributed by atoms with Crippen LogP contribution in [0.1, 0.15) is 37.6 Å². The second-order valence-electron chi connectivity index (χ2n) is 8.48. The van der Waals surface area contributed by atoms with E-state index in [1.165, 1.54) is 7.11 Å². The maximum Gasteiger partial charge on any atom is 0.230 e. The minimum atomic E-state index is 0.0314. The van der Waals surface area contributed by atoms with E-state index in [9.17, 15) is 4.79 Å². The van der Waals surface area contributed by atoms with Crippen LogP contribution in [0.2, 0.25) is 5.02 Å². The third-order valence-corrected chi connectivity index (χ3v) is 6.15. The van der Waals surface area contributed by atoms with Crippen molar-refractivity contribution in [2.24, 2.45) is 0 Å². The molecule has 35 heavy (non-hydrogen) atoms. The quantitative estimate of drug-likeness (QED) is 0.404. The van der Waals surface area contributed by atoms with Crippen LogP contribution in [0.25, 0.3) is 17.1 Å². The number of rotatable bonds is 6. The minimum Gasteiger partial charge on any atom is -0.481 e. The van der Waals surface area contributed by atoms with E-state index in [0.717, 1.165) is 22.8 Å². The Hall–Kier alpha value is -4.10. The molecule has 0 aliphatic carbocycles. The average Bonchev–Trinajstić information content (AvgIpc) is 3.57. The minimum absolute atomic E-state index is 0.0314. The maximum absolute atomic E-state index is 12.9. The molecule has 0 unspecified atom stereocenters. The summed E-state index contributed by atoms with van der Waals surface area (Å²) in [5, 5.41) is 23.0. The molecule has 0 saturated carbocycles. The predicted molar refractivity (Wildman–Crippen MR) is 129 cm³/mol. The van der Waals surface area contributed by atoms with Gasteiger partial charge in [0.05, 0.1) is 37.1 Å². The standard InChI is InChI=1S/C24H23ClN8O2/c1-15(2)32-24(19(25)13-27-32)20-11-21-30(22(34)8-9-31(21)29-20)14-16-4-6-18(7-5-16)33-23(35-3)10-17(12-26)28-33/h4-7,10-11,13,15H,8-9,14H2,1-3H3. The van der Waals surface area contributed by atoms with E-state index in [2.05, 4.69) is 10.2 Å². The van der Waals surface area contributed by atoms with Gasteiger partial charge < -0.3 is 4.74 Å². The molecular formula is C24H23ClN8O2. The van der Waals surface area contributed by atoms with Gasteiger partial charge in [-0.15, -0.1) is 0 Å². The number of ether oxygens (including phenoxy) is 1. The van der Waals surface area contributed by atoms with Crippen molar-refractivity contribution >= 4 is 23.3 Å². The van der Waals surface area contributed by atoms with Gasteiger partial charge in [0, 0.05) is 24.6 Å². The fourth-order valence-corrected chi connectivity index (χ4v) is 4.41. The maximum atomic E-state index is 12.9. The SMILES string of the molecule is COc1cc(C#N)nn1-c1ccc(CN2C(=O)CCn3nc(-c4c(Cl)cnn4C(C)C)cc32)cc1. The normalized spacial score (nSPS) is 13.3. The first-order chi connectivity index (χ1) is 16.9. The fraction of sp³-hybridized carbons (Fsp3) is 0.292. The highest BCUT2D eigenvalue weighted by molar-refractivity contribution is 6.33. The topological polar surface area (TPSA) is 107 Å². The molecule has 1 aliphatic rings. The number of fused-ring (bicyclic) bond motifs is 1. The first kappa shape index (κ1) is 22.7. The van der Waals surface area contributed by atoms with Crippen molar-refractivity contribution in [1.82, 2.24) is 29.3 Å². The van der Waals surface area contributed by atoms with Crippen LogP contribution in [0, 0.1) is 11.3 Å². The molecule has 0 spiro atoms. The number of amides is 1. The summed E-state index contributed by atoms with van der Waals surface area (Å²) in [5.41, 5.74) is 3.39. The van der Waals surface area contributed by atoms with Crippen molar-refractivity contribution in [3.8, 4) is 29.0 Å². The molecule has 0 saturated heterocycles. The number of benzene rings is 1. The lowest BCUT2D eigenvalue weighted by atomic mass is 10.1. The van der Waals surface area contributed by atoms with Crippen LogP contribution in [-0.2, 0) is 17.9 Å². The molecule has 0 radical (unpaired) electrons. The van der Waals surface area contributed by atoms with E-state index < -0.39 is 0 Å². The number of carbonyl (C=O) groups is 1. The van der Waals surface area contributed by atoms with Crippen molar-refractivity contribution in [2.45, 2.75) is 39.4 Å². The van der Waals surface area contributed by atoms with E-state index >= 15 is 0 Å². The molecule has 1 amide bonds. The number of nitrogens with zero attached hydrogens (tertiary/aromatic N) is 8. The molecule has 0 atom stereocenters. The molecule has 4 heterocycles. The van der Waals surface area contributed by atoms with Crippen LogP contribution in [-0.4, -0.2) is 42.4 Å². The van der Waals surface area contributed by atoms with E-state index in [4.69, 9.17) is 26.7 Å². The Morgan fingerprint density at radius 2 is 1.97 bits per heavy atom. The molecule has 0 fully saturated rings. The highest BCUT2D eigenvalue weighted by atomic mass is 35.5. The van der Waals surface area contributed by atoms with Crippen molar-refractivity contribution in [1.29, 1.82) is 5.26 Å². The monoisotopic (exact) mass is 490 g/mol. The highest BCUT2D eigenvalue weighted by Crippen LogP contribution is 2.34. The molecule has 0 N–H and O–H groups in total. The zero-order chi connectivity index (χ0) is 24.7. The Morgan fingerprint density at radius 3 is 2.66 bits per heavy atom. The molecule has 11 heteroatoms. The lowest BCUT2D eigenvalue weighted by Gasteiger charge is -2.27. The first-order valence-corrected chi connectivity index (χ1v) is 11.5. The number of hydrogen-bond donors (Lipinski definition) is 0. The number of nitriles is 1. The van der Waals surface area contributed by atoms with E-state index in [0.29, 0.717) is 36.1 Å². The molecule has 4 aromatic rings. The van der Waals surface area contributed by atoms with Gasteiger partial charge >= 0.3 is 0 Å². The Kier molecular flexibility index (Phi) is 5.78. The molecule has 10 nitrogen and oxygen atoms in total. The summed E-state index contributed by atoms with van der Waals surface area (Å²) in [7, 11) is 1.53.